The van der Waals surface area contributed by atoms with Crippen LogP contribution in [0.5, 0.6) is 0 Å². The Morgan fingerprint density at radius 3 is 1.70 bits per heavy atom. The Morgan fingerprint density at radius 2 is 1.35 bits per heavy atom. The molecule has 2 atom stereocenters. The Labute approximate surface area is 124 Å². The summed E-state index contributed by atoms with van der Waals surface area (Å²) in [7, 11) is 0. The highest BCUT2D eigenvalue weighted by molar-refractivity contribution is 8.04. The maximum atomic E-state index is 10.7. The second kappa shape index (κ2) is 6.76. The van der Waals surface area contributed by atoms with Gasteiger partial charge in [-0.05, 0) is 12.1 Å². The first kappa shape index (κ1) is 14.9. The number of para-hydroxylation sites is 2. The molecule has 1 heterocycles. The van der Waals surface area contributed by atoms with E-state index in [9.17, 15) is 9.59 Å². The van der Waals surface area contributed by atoms with E-state index >= 15 is 0 Å². The van der Waals surface area contributed by atoms with Gasteiger partial charge in [-0.15, -0.1) is 23.5 Å². The summed E-state index contributed by atoms with van der Waals surface area (Å²) < 4.78 is 0. The van der Waals surface area contributed by atoms with Gasteiger partial charge in [-0.3, -0.25) is 9.59 Å². The lowest BCUT2D eigenvalue weighted by atomic mass is 10.2. The number of nitrogens with one attached hydrogen (secondary N) is 2. The third kappa shape index (κ3) is 3.97. The van der Waals surface area contributed by atoms with E-state index in [1.165, 1.54) is 23.5 Å². The number of hydrogen-bond donors (Lipinski definition) is 4. The van der Waals surface area contributed by atoms with Crippen LogP contribution >= 0.6 is 23.5 Å². The molecule has 0 spiro atoms. The molecule has 0 fully saturated rings. The van der Waals surface area contributed by atoms with Crippen molar-refractivity contribution in [3.8, 4) is 0 Å². The Balaban J connectivity index is 2.08. The van der Waals surface area contributed by atoms with Crippen LogP contribution < -0.4 is 10.6 Å². The number of carbonyl (C=O) groups is 2. The van der Waals surface area contributed by atoms with Gasteiger partial charge in [0.2, 0.25) is 0 Å². The van der Waals surface area contributed by atoms with Crippen LogP contribution in [0.25, 0.3) is 0 Å². The summed E-state index contributed by atoms with van der Waals surface area (Å²) in [5.74, 6) is -1.85. The molecule has 1 aromatic carbocycles. The van der Waals surface area contributed by atoms with Crippen LogP contribution in [0.1, 0.15) is 0 Å². The number of rotatable bonds is 6. The second-order valence-electron chi connectivity index (χ2n) is 4.08. The molecular weight excluding hydrogens is 300 g/mol. The Kier molecular flexibility index (Phi) is 5.02. The fourth-order valence-corrected chi connectivity index (χ4v) is 3.79. The van der Waals surface area contributed by atoms with Crippen molar-refractivity contribution in [1.82, 2.24) is 0 Å². The van der Waals surface area contributed by atoms with Crippen molar-refractivity contribution in [2.45, 2.75) is 10.7 Å². The zero-order valence-electron chi connectivity index (χ0n) is 10.4. The highest BCUT2D eigenvalue weighted by atomic mass is 32.2. The molecule has 1 aliphatic rings. The fourth-order valence-electron chi connectivity index (χ4n) is 1.77. The maximum absolute atomic E-state index is 10.7. The normalized spacial score (nSPS) is 20.4. The van der Waals surface area contributed by atoms with Crippen LogP contribution in [0, 0.1) is 0 Å². The molecule has 0 saturated carbocycles. The summed E-state index contributed by atoms with van der Waals surface area (Å²) in [6.07, 6.45) is 0. The number of thioether (sulfide) groups is 2. The van der Waals surface area contributed by atoms with Crippen molar-refractivity contribution in [1.29, 1.82) is 0 Å². The molecule has 0 saturated heterocycles. The van der Waals surface area contributed by atoms with E-state index in [0.717, 1.165) is 11.4 Å². The number of hydrogen-bond acceptors (Lipinski definition) is 6. The number of aliphatic carboxylic acids is 2. The van der Waals surface area contributed by atoms with Crippen molar-refractivity contribution in [3.63, 3.8) is 0 Å². The molecule has 108 valence electrons. The molecule has 0 aliphatic carbocycles. The molecule has 2 unspecified atom stereocenters. The second-order valence-corrected chi connectivity index (χ2v) is 6.34. The summed E-state index contributed by atoms with van der Waals surface area (Å²) in [6.45, 7) is 0. The third-order valence-electron chi connectivity index (χ3n) is 2.57. The van der Waals surface area contributed by atoms with Gasteiger partial charge in [0.1, 0.15) is 10.7 Å². The number of anilines is 2. The van der Waals surface area contributed by atoms with E-state index in [-0.39, 0.29) is 22.3 Å². The maximum Gasteiger partial charge on any atom is 0.313 e. The molecule has 0 bridgehead atoms. The molecule has 0 amide bonds. The predicted molar refractivity (Wildman–Crippen MR) is 81.5 cm³/mol. The Hall–Kier alpha value is -1.54. The highest BCUT2D eigenvalue weighted by Crippen LogP contribution is 2.36. The minimum Gasteiger partial charge on any atom is -0.481 e. The molecule has 1 aromatic rings. The minimum atomic E-state index is -0.891. The van der Waals surface area contributed by atoms with Crippen molar-refractivity contribution >= 4 is 46.8 Å². The topological polar surface area (TPSA) is 98.7 Å². The third-order valence-corrected chi connectivity index (χ3v) is 5.07. The molecule has 2 rings (SSSR count). The minimum absolute atomic E-state index is 0.0361. The van der Waals surface area contributed by atoms with Gasteiger partial charge < -0.3 is 20.8 Å². The Morgan fingerprint density at radius 1 is 0.950 bits per heavy atom. The van der Waals surface area contributed by atoms with Crippen molar-refractivity contribution < 1.29 is 19.8 Å². The summed E-state index contributed by atoms with van der Waals surface area (Å²) in [6, 6.07) is 7.57. The van der Waals surface area contributed by atoms with Crippen LogP contribution in [0.3, 0.4) is 0 Å². The van der Waals surface area contributed by atoms with Crippen LogP contribution in [-0.2, 0) is 9.59 Å². The van der Waals surface area contributed by atoms with E-state index < -0.39 is 11.9 Å². The van der Waals surface area contributed by atoms with Crippen molar-refractivity contribution in [2.24, 2.45) is 0 Å². The average Bonchev–Trinajstić information content (AvgIpc) is 2.42. The van der Waals surface area contributed by atoms with Gasteiger partial charge >= 0.3 is 11.9 Å². The molecule has 20 heavy (non-hydrogen) atoms. The number of fused-ring (bicyclic) bond motifs is 1. The predicted octanol–water partition coefficient (Wildman–Crippen LogP) is 1.81. The van der Waals surface area contributed by atoms with Crippen LogP contribution in [0.2, 0.25) is 0 Å². The van der Waals surface area contributed by atoms with Crippen molar-refractivity contribution in [3.05, 3.63) is 24.3 Å². The van der Waals surface area contributed by atoms with Crippen LogP contribution in [0.15, 0.2) is 24.3 Å². The van der Waals surface area contributed by atoms with E-state index in [1.54, 1.807) is 0 Å². The molecule has 1 aliphatic heterocycles. The lowest BCUT2D eigenvalue weighted by Gasteiger charge is -2.34. The first-order valence-electron chi connectivity index (χ1n) is 5.85. The monoisotopic (exact) mass is 314 g/mol. The van der Waals surface area contributed by atoms with Gasteiger partial charge in [0.05, 0.1) is 22.9 Å². The number of carboxylic acid groups (broad SMARTS) is 2. The lowest BCUT2D eigenvalue weighted by Crippen LogP contribution is -2.39. The fraction of sp³-hybridized carbons (Fsp3) is 0.333. The van der Waals surface area contributed by atoms with Gasteiger partial charge in [0.25, 0.3) is 0 Å². The zero-order valence-corrected chi connectivity index (χ0v) is 12.0. The standard InChI is InChI=1S/C12H14N2O4S2/c15-9(16)5-19-11-12(20-6-10(17)18)14-8-4-2-1-3-7(8)13-11/h1-4,11-14H,5-6H2,(H,15,16)(H,17,18). The highest BCUT2D eigenvalue weighted by Gasteiger charge is 2.29. The van der Waals surface area contributed by atoms with Gasteiger partial charge in [-0.2, -0.15) is 0 Å². The first-order chi connectivity index (χ1) is 9.56. The molecule has 0 radical (unpaired) electrons. The zero-order chi connectivity index (χ0) is 14.5. The molecule has 6 nitrogen and oxygen atoms in total. The quantitative estimate of drug-likeness (QED) is 0.631. The van der Waals surface area contributed by atoms with Gasteiger partial charge in [-0.25, -0.2) is 0 Å². The number of benzene rings is 1. The van der Waals surface area contributed by atoms with E-state index in [4.69, 9.17) is 10.2 Å². The molecular formula is C12H14N2O4S2. The van der Waals surface area contributed by atoms with Crippen LogP contribution in [-0.4, -0.2) is 44.4 Å². The summed E-state index contributed by atoms with van der Waals surface area (Å²) in [5.41, 5.74) is 1.78. The smallest absolute Gasteiger partial charge is 0.313 e. The number of carboxylic acids is 2. The van der Waals surface area contributed by atoms with E-state index in [2.05, 4.69) is 10.6 Å². The van der Waals surface area contributed by atoms with Gasteiger partial charge in [-0.1, -0.05) is 12.1 Å². The SMILES string of the molecule is O=C(O)CSC1Nc2ccccc2NC1SCC(=O)O. The van der Waals surface area contributed by atoms with Gasteiger partial charge in [0, 0.05) is 0 Å². The summed E-state index contributed by atoms with van der Waals surface area (Å²) in [5, 5.41) is 23.6. The largest absolute Gasteiger partial charge is 0.481 e. The van der Waals surface area contributed by atoms with E-state index in [0.29, 0.717) is 0 Å². The first-order valence-corrected chi connectivity index (χ1v) is 7.95. The van der Waals surface area contributed by atoms with Gasteiger partial charge in [0.15, 0.2) is 0 Å². The van der Waals surface area contributed by atoms with Crippen molar-refractivity contribution in [2.75, 3.05) is 22.1 Å². The average molecular weight is 314 g/mol. The lowest BCUT2D eigenvalue weighted by molar-refractivity contribution is -0.135. The summed E-state index contributed by atoms with van der Waals surface area (Å²) in [4.78, 5) is 21.4. The van der Waals surface area contributed by atoms with E-state index in [1.807, 2.05) is 24.3 Å². The molecule has 8 heteroatoms. The van der Waals surface area contributed by atoms with Crippen LogP contribution in [0.4, 0.5) is 11.4 Å². The molecule has 4 N–H and O–H groups in total. The molecule has 0 aromatic heterocycles. The Bertz CT molecular complexity index is 467. The summed E-state index contributed by atoms with van der Waals surface area (Å²) >= 11 is 2.48.